The van der Waals surface area contributed by atoms with E-state index in [2.05, 4.69) is 0 Å². The van der Waals surface area contributed by atoms with E-state index in [0.29, 0.717) is 12.0 Å². The van der Waals surface area contributed by atoms with E-state index in [1.807, 2.05) is 0 Å². The molecule has 1 rings (SSSR count). The first kappa shape index (κ1) is 12.2. The number of rotatable bonds is 4. The summed E-state index contributed by atoms with van der Waals surface area (Å²) < 4.78 is 21.4. The van der Waals surface area contributed by atoms with Gasteiger partial charge in [0.15, 0.2) is 5.78 Å². The van der Waals surface area contributed by atoms with E-state index >= 15 is 0 Å². The summed E-state index contributed by atoms with van der Waals surface area (Å²) in [6.45, 7) is 1.48. The number of Topliss-reactive ketones (excluding diaryl/α,β-unsaturated/α-hetero) is 1. The first-order valence-electron chi connectivity index (χ1n) is 4.41. The summed E-state index contributed by atoms with van der Waals surface area (Å²) in [4.78, 5) is 11.0. The molecule has 0 heterocycles. The molecular formula is C10H11ClO3S. The van der Waals surface area contributed by atoms with Gasteiger partial charge < -0.3 is 0 Å². The first-order valence-corrected chi connectivity index (χ1v) is 6.88. The fourth-order valence-electron chi connectivity index (χ4n) is 1.15. The average molecular weight is 247 g/mol. The largest absolute Gasteiger partial charge is 0.295 e. The van der Waals surface area contributed by atoms with Crippen LogP contribution in [0.1, 0.15) is 22.8 Å². The number of carbonyl (C=O) groups is 1. The monoisotopic (exact) mass is 246 g/mol. The van der Waals surface area contributed by atoms with Crippen LogP contribution in [0.25, 0.3) is 0 Å². The average Bonchev–Trinajstić information content (AvgIpc) is 2.14. The minimum Gasteiger partial charge on any atom is -0.295 e. The van der Waals surface area contributed by atoms with Crippen LogP contribution >= 0.6 is 10.7 Å². The van der Waals surface area contributed by atoms with Crippen molar-refractivity contribution in [2.24, 2.45) is 0 Å². The molecule has 1 aromatic carbocycles. The maximum atomic E-state index is 11.0. The van der Waals surface area contributed by atoms with Crippen LogP contribution in [-0.4, -0.2) is 20.0 Å². The zero-order chi connectivity index (χ0) is 11.5. The Bertz CT molecular complexity index is 448. The van der Waals surface area contributed by atoms with Crippen molar-refractivity contribution in [1.29, 1.82) is 0 Å². The minimum absolute atomic E-state index is 0.00786. The van der Waals surface area contributed by atoms with Gasteiger partial charge >= 0.3 is 0 Å². The Hall–Kier alpha value is -0.870. The molecule has 5 heteroatoms. The van der Waals surface area contributed by atoms with E-state index in [1.54, 1.807) is 24.3 Å². The Labute approximate surface area is 93.5 Å². The lowest BCUT2D eigenvalue weighted by molar-refractivity contribution is 0.101. The molecule has 1 aromatic rings. The van der Waals surface area contributed by atoms with E-state index in [0.717, 1.165) is 5.56 Å². The molecule has 0 spiro atoms. The van der Waals surface area contributed by atoms with Crippen LogP contribution in [0.4, 0.5) is 0 Å². The SMILES string of the molecule is CC(=O)c1ccc(CCS(=O)(=O)Cl)cc1. The maximum Gasteiger partial charge on any atom is 0.232 e. The fourth-order valence-corrected chi connectivity index (χ4v) is 1.86. The minimum atomic E-state index is -3.44. The smallest absolute Gasteiger partial charge is 0.232 e. The predicted molar refractivity (Wildman–Crippen MR) is 59.8 cm³/mol. The molecule has 82 valence electrons. The molecule has 0 unspecified atom stereocenters. The summed E-state index contributed by atoms with van der Waals surface area (Å²) in [7, 11) is 1.64. The van der Waals surface area contributed by atoms with E-state index in [9.17, 15) is 13.2 Å². The molecule has 0 N–H and O–H groups in total. The van der Waals surface area contributed by atoms with Crippen molar-refractivity contribution in [2.45, 2.75) is 13.3 Å². The van der Waals surface area contributed by atoms with E-state index in [-0.39, 0.29) is 11.5 Å². The quantitative estimate of drug-likeness (QED) is 0.603. The Kier molecular flexibility index (Phi) is 3.88. The third kappa shape index (κ3) is 4.44. The Balaban J connectivity index is 2.69. The van der Waals surface area contributed by atoms with Crippen molar-refractivity contribution < 1.29 is 13.2 Å². The van der Waals surface area contributed by atoms with E-state index < -0.39 is 9.05 Å². The van der Waals surface area contributed by atoms with Gasteiger partial charge in [0.2, 0.25) is 9.05 Å². The van der Waals surface area contributed by atoms with Gasteiger partial charge in [0.25, 0.3) is 0 Å². The van der Waals surface area contributed by atoms with Gasteiger partial charge in [-0.3, -0.25) is 4.79 Å². The van der Waals surface area contributed by atoms with Crippen molar-refractivity contribution in [3.63, 3.8) is 0 Å². The van der Waals surface area contributed by atoms with Crippen molar-refractivity contribution in [3.05, 3.63) is 35.4 Å². The van der Waals surface area contributed by atoms with Crippen LogP contribution in [0.3, 0.4) is 0 Å². The zero-order valence-electron chi connectivity index (χ0n) is 8.23. The highest BCUT2D eigenvalue weighted by Crippen LogP contribution is 2.08. The molecule has 0 saturated carbocycles. The molecule has 0 bridgehead atoms. The highest BCUT2D eigenvalue weighted by molar-refractivity contribution is 8.13. The normalized spacial score (nSPS) is 11.3. The van der Waals surface area contributed by atoms with Gasteiger partial charge in [-0.05, 0) is 18.9 Å². The van der Waals surface area contributed by atoms with Crippen LogP contribution in [-0.2, 0) is 15.5 Å². The highest BCUT2D eigenvalue weighted by Gasteiger charge is 2.06. The third-order valence-electron chi connectivity index (χ3n) is 2.00. The molecule has 15 heavy (non-hydrogen) atoms. The number of carbonyl (C=O) groups excluding carboxylic acids is 1. The Morgan fingerprint density at radius 2 is 1.80 bits per heavy atom. The Morgan fingerprint density at radius 3 is 2.20 bits per heavy atom. The number of aryl methyl sites for hydroxylation is 1. The molecule has 0 aliphatic rings. The van der Waals surface area contributed by atoms with Gasteiger partial charge in [-0.1, -0.05) is 24.3 Å². The molecular weight excluding hydrogens is 236 g/mol. The van der Waals surface area contributed by atoms with E-state index in [4.69, 9.17) is 10.7 Å². The van der Waals surface area contributed by atoms with Crippen LogP contribution in [0.15, 0.2) is 24.3 Å². The lowest BCUT2D eigenvalue weighted by Crippen LogP contribution is -2.01. The summed E-state index contributed by atoms with van der Waals surface area (Å²) >= 11 is 0. The summed E-state index contributed by atoms with van der Waals surface area (Å²) in [5, 5.41) is 0. The van der Waals surface area contributed by atoms with Crippen LogP contribution < -0.4 is 0 Å². The first-order chi connectivity index (χ1) is 6.88. The number of hydrogen-bond donors (Lipinski definition) is 0. The van der Waals surface area contributed by atoms with Gasteiger partial charge in [-0.25, -0.2) is 8.42 Å². The summed E-state index contributed by atoms with van der Waals surface area (Å²) in [6, 6.07) is 6.83. The number of hydrogen-bond acceptors (Lipinski definition) is 3. The molecule has 0 atom stereocenters. The lowest BCUT2D eigenvalue weighted by Gasteiger charge is -2.00. The standard InChI is InChI=1S/C10H11ClO3S/c1-8(12)10-4-2-9(3-5-10)6-7-15(11,13)14/h2-5H,6-7H2,1H3. The van der Waals surface area contributed by atoms with Gasteiger partial charge in [0.05, 0.1) is 5.75 Å². The summed E-state index contributed by atoms with van der Waals surface area (Å²) in [5.74, 6) is -0.0972. The molecule has 0 saturated heterocycles. The fraction of sp³-hybridized carbons (Fsp3) is 0.300. The third-order valence-corrected chi connectivity index (χ3v) is 3.15. The van der Waals surface area contributed by atoms with Gasteiger partial charge in [-0.15, -0.1) is 0 Å². The molecule has 0 amide bonds. The number of benzene rings is 1. The van der Waals surface area contributed by atoms with Crippen molar-refractivity contribution in [3.8, 4) is 0 Å². The summed E-state index contributed by atoms with van der Waals surface area (Å²) in [6.07, 6.45) is 0.365. The number of ketones is 1. The van der Waals surface area contributed by atoms with Crippen molar-refractivity contribution in [2.75, 3.05) is 5.75 Å². The highest BCUT2D eigenvalue weighted by atomic mass is 35.7. The van der Waals surface area contributed by atoms with Gasteiger partial charge in [0, 0.05) is 16.2 Å². The summed E-state index contributed by atoms with van der Waals surface area (Å²) in [5.41, 5.74) is 1.47. The second-order valence-electron chi connectivity index (χ2n) is 3.25. The molecule has 0 radical (unpaired) electrons. The molecule has 3 nitrogen and oxygen atoms in total. The maximum absolute atomic E-state index is 11.0. The molecule has 0 aromatic heterocycles. The predicted octanol–water partition coefficient (Wildman–Crippen LogP) is 2.00. The molecule has 0 fully saturated rings. The van der Waals surface area contributed by atoms with Crippen molar-refractivity contribution >= 4 is 25.5 Å². The van der Waals surface area contributed by atoms with Gasteiger partial charge in [0.1, 0.15) is 0 Å². The topological polar surface area (TPSA) is 51.2 Å². The molecule has 0 aliphatic carbocycles. The lowest BCUT2D eigenvalue weighted by atomic mass is 10.1. The Morgan fingerprint density at radius 1 is 1.27 bits per heavy atom. The van der Waals surface area contributed by atoms with E-state index in [1.165, 1.54) is 6.92 Å². The second kappa shape index (κ2) is 4.77. The van der Waals surface area contributed by atoms with Gasteiger partial charge in [-0.2, -0.15) is 0 Å². The zero-order valence-corrected chi connectivity index (χ0v) is 9.81. The van der Waals surface area contributed by atoms with Crippen LogP contribution in [0.5, 0.6) is 0 Å². The second-order valence-corrected chi connectivity index (χ2v) is 6.14. The van der Waals surface area contributed by atoms with Crippen molar-refractivity contribution in [1.82, 2.24) is 0 Å². The van der Waals surface area contributed by atoms with Crippen LogP contribution in [0.2, 0.25) is 0 Å². The molecule has 0 aliphatic heterocycles. The van der Waals surface area contributed by atoms with Crippen LogP contribution in [0, 0.1) is 0 Å². The number of halogens is 1.